The summed E-state index contributed by atoms with van der Waals surface area (Å²) in [4.78, 5) is 58.3. The fourth-order valence-electron chi connectivity index (χ4n) is 4.61. The van der Waals surface area contributed by atoms with Crippen molar-refractivity contribution < 1.29 is 29.0 Å². The predicted octanol–water partition coefficient (Wildman–Crippen LogP) is 3.14. The summed E-state index contributed by atoms with van der Waals surface area (Å²) in [7, 11) is 0. The Hall–Kier alpha value is -3.51. The van der Waals surface area contributed by atoms with Crippen LogP contribution in [0.3, 0.4) is 0 Å². The minimum atomic E-state index is -0.949. The van der Waals surface area contributed by atoms with Crippen molar-refractivity contribution in [2.24, 2.45) is 5.41 Å². The lowest BCUT2D eigenvalue weighted by atomic mass is 9.85. The number of rotatable bonds is 9. The highest BCUT2D eigenvalue weighted by Gasteiger charge is 2.44. The SMILES string of the molecule is Cc1ncsc1-c1ccc(CNC(=O)C2CC(O)CN2C(=O)C(NC(=O)CCNC(=O)OC(C)(C)C)C(C)(C)C)cc1. The maximum absolute atomic E-state index is 13.7. The first kappa shape index (κ1) is 33.0. The highest BCUT2D eigenvalue weighted by atomic mass is 32.1. The summed E-state index contributed by atoms with van der Waals surface area (Å²) in [6, 6.07) is 6.01. The molecule has 3 atom stereocenters. The number of aliphatic hydroxyl groups is 1. The number of amides is 4. The first-order valence-corrected chi connectivity index (χ1v) is 14.9. The summed E-state index contributed by atoms with van der Waals surface area (Å²) in [6.45, 7) is 12.9. The van der Waals surface area contributed by atoms with Gasteiger partial charge in [0.2, 0.25) is 17.7 Å². The van der Waals surface area contributed by atoms with Gasteiger partial charge in [0.1, 0.15) is 17.7 Å². The van der Waals surface area contributed by atoms with Gasteiger partial charge in [0.15, 0.2) is 0 Å². The number of nitrogens with zero attached hydrogens (tertiary/aromatic N) is 2. The van der Waals surface area contributed by atoms with Crippen LogP contribution in [0.1, 0.15) is 65.6 Å². The Kier molecular flexibility index (Phi) is 10.7. The van der Waals surface area contributed by atoms with E-state index in [1.807, 2.05) is 57.5 Å². The van der Waals surface area contributed by atoms with Crippen molar-refractivity contribution in [2.45, 2.75) is 91.6 Å². The van der Waals surface area contributed by atoms with Gasteiger partial charge in [-0.05, 0) is 44.2 Å². The third-order valence-corrected chi connectivity index (χ3v) is 7.71. The van der Waals surface area contributed by atoms with Crippen molar-refractivity contribution in [2.75, 3.05) is 13.1 Å². The van der Waals surface area contributed by atoms with Crippen molar-refractivity contribution in [1.82, 2.24) is 25.8 Å². The Morgan fingerprint density at radius 1 is 1.10 bits per heavy atom. The van der Waals surface area contributed by atoms with E-state index >= 15 is 0 Å². The van der Waals surface area contributed by atoms with Gasteiger partial charge in [-0.3, -0.25) is 14.4 Å². The van der Waals surface area contributed by atoms with Gasteiger partial charge in [0.25, 0.3) is 0 Å². The highest BCUT2D eigenvalue weighted by molar-refractivity contribution is 7.13. The molecule has 0 spiro atoms. The van der Waals surface area contributed by atoms with E-state index in [4.69, 9.17) is 4.74 Å². The van der Waals surface area contributed by atoms with Gasteiger partial charge in [-0.1, -0.05) is 45.0 Å². The van der Waals surface area contributed by atoms with Gasteiger partial charge < -0.3 is 30.7 Å². The summed E-state index contributed by atoms with van der Waals surface area (Å²) in [5.41, 5.74) is 3.38. The number of aliphatic hydroxyl groups excluding tert-OH is 1. The van der Waals surface area contributed by atoms with Crippen LogP contribution in [-0.2, 0) is 25.7 Å². The average molecular weight is 602 g/mol. The van der Waals surface area contributed by atoms with Crippen molar-refractivity contribution >= 4 is 35.2 Å². The number of hydrogen-bond donors (Lipinski definition) is 4. The van der Waals surface area contributed by atoms with Gasteiger partial charge >= 0.3 is 6.09 Å². The molecule has 230 valence electrons. The minimum Gasteiger partial charge on any atom is -0.444 e. The summed E-state index contributed by atoms with van der Waals surface area (Å²) in [5.74, 6) is -1.25. The zero-order chi connectivity index (χ0) is 31.2. The number of carbonyl (C=O) groups is 4. The monoisotopic (exact) mass is 601 g/mol. The van der Waals surface area contributed by atoms with Crippen molar-refractivity contribution in [3.8, 4) is 10.4 Å². The van der Waals surface area contributed by atoms with E-state index in [1.165, 1.54) is 4.90 Å². The normalized spacial score (nSPS) is 17.9. The van der Waals surface area contributed by atoms with Crippen LogP contribution in [0.5, 0.6) is 0 Å². The maximum atomic E-state index is 13.7. The van der Waals surface area contributed by atoms with Crippen LogP contribution < -0.4 is 16.0 Å². The molecule has 0 bridgehead atoms. The minimum absolute atomic E-state index is 0.0114. The van der Waals surface area contributed by atoms with Crippen LogP contribution in [-0.4, -0.2) is 75.7 Å². The Bertz CT molecular complexity index is 1260. The van der Waals surface area contributed by atoms with E-state index < -0.39 is 47.1 Å². The Morgan fingerprint density at radius 2 is 1.76 bits per heavy atom. The fourth-order valence-corrected chi connectivity index (χ4v) is 5.42. The number of aromatic nitrogens is 1. The zero-order valence-corrected chi connectivity index (χ0v) is 26.3. The van der Waals surface area contributed by atoms with Crippen LogP contribution >= 0.6 is 11.3 Å². The standard InChI is InChI=1S/C30H43N5O6S/c1-18-24(42-17-33-18)20-10-8-19(9-11-20)15-32-26(38)22-14-21(36)16-35(22)27(39)25(29(2,3)4)34-23(37)12-13-31-28(40)41-30(5,6)7/h8-11,17,21-22,25,36H,12-16H2,1-7H3,(H,31,40)(H,32,38)(H,34,37). The molecule has 1 aliphatic rings. The molecule has 2 heterocycles. The molecule has 1 aromatic heterocycles. The number of β-amino-alcohol motifs (C(OH)–C–C–N with tert-alkyl or cyclic N) is 1. The van der Waals surface area contributed by atoms with Crippen LogP contribution in [0.15, 0.2) is 29.8 Å². The molecule has 0 radical (unpaired) electrons. The molecule has 1 saturated heterocycles. The lowest BCUT2D eigenvalue weighted by molar-refractivity contribution is -0.144. The van der Waals surface area contributed by atoms with Crippen molar-refractivity contribution in [1.29, 1.82) is 0 Å². The third-order valence-electron chi connectivity index (χ3n) is 6.73. The van der Waals surface area contributed by atoms with Gasteiger partial charge in [-0.2, -0.15) is 0 Å². The van der Waals surface area contributed by atoms with Gasteiger partial charge in [0.05, 0.1) is 22.2 Å². The molecule has 3 unspecified atom stereocenters. The fraction of sp³-hybridized carbons (Fsp3) is 0.567. The number of ether oxygens (including phenoxy) is 1. The summed E-state index contributed by atoms with van der Waals surface area (Å²) >= 11 is 1.57. The van der Waals surface area contributed by atoms with Crippen LogP contribution in [0.25, 0.3) is 10.4 Å². The zero-order valence-electron chi connectivity index (χ0n) is 25.4. The molecular weight excluding hydrogens is 558 g/mol. The van der Waals surface area contributed by atoms with Crippen LogP contribution in [0, 0.1) is 12.3 Å². The van der Waals surface area contributed by atoms with E-state index in [0.717, 1.165) is 21.7 Å². The molecule has 3 rings (SSSR count). The number of aryl methyl sites for hydroxylation is 1. The second kappa shape index (κ2) is 13.6. The maximum Gasteiger partial charge on any atom is 0.407 e. The quantitative estimate of drug-likeness (QED) is 0.345. The number of alkyl carbamates (subject to hydrolysis) is 1. The van der Waals surface area contributed by atoms with Crippen LogP contribution in [0.2, 0.25) is 0 Å². The smallest absolute Gasteiger partial charge is 0.407 e. The van der Waals surface area contributed by atoms with E-state index in [9.17, 15) is 24.3 Å². The molecule has 2 aromatic rings. The molecular formula is C30H43N5O6S. The number of carbonyl (C=O) groups excluding carboxylic acids is 4. The first-order chi connectivity index (χ1) is 19.5. The molecule has 0 saturated carbocycles. The number of nitrogens with one attached hydrogen (secondary N) is 3. The topological polar surface area (TPSA) is 150 Å². The van der Waals surface area contributed by atoms with Crippen molar-refractivity contribution in [3.63, 3.8) is 0 Å². The molecule has 11 nitrogen and oxygen atoms in total. The molecule has 4 N–H and O–H groups in total. The van der Waals surface area contributed by atoms with Crippen molar-refractivity contribution in [3.05, 3.63) is 41.0 Å². The molecule has 1 aromatic carbocycles. The van der Waals surface area contributed by atoms with E-state index in [0.29, 0.717) is 0 Å². The number of hydrogen-bond acceptors (Lipinski definition) is 8. The van der Waals surface area contributed by atoms with Gasteiger partial charge in [-0.25, -0.2) is 9.78 Å². The summed E-state index contributed by atoms with van der Waals surface area (Å²) in [5, 5.41) is 18.6. The Morgan fingerprint density at radius 3 is 2.33 bits per heavy atom. The second-order valence-corrected chi connectivity index (χ2v) is 13.5. The largest absolute Gasteiger partial charge is 0.444 e. The Balaban J connectivity index is 1.60. The molecule has 1 aliphatic heterocycles. The third kappa shape index (κ3) is 9.25. The lowest BCUT2D eigenvalue weighted by Gasteiger charge is -2.35. The van der Waals surface area contributed by atoms with E-state index in [1.54, 1.807) is 32.1 Å². The first-order valence-electron chi connectivity index (χ1n) is 14.1. The van der Waals surface area contributed by atoms with Gasteiger partial charge in [0, 0.05) is 32.5 Å². The Labute approximate surface area is 251 Å². The second-order valence-electron chi connectivity index (χ2n) is 12.6. The average Bonchev–Trinajstić information content (AvgIpc) is 3.49. The number of thiazole rings is 1. The van der Waals surface area contributed by atoms with E-state index in [-0.39, 0.29) is 38.4 Å². The molecule has 12 heteroatoms. The van der Waals surface area contributed by atoms with E-state index in [2.05, 4.69) is 20.9 Å². The molecule has 4 amide bonds. The molecule has 1 fully saturated rings. The van der Waals surface area contributed by atoms with Gasteiger partial charge in [-0.15, -0.1) is 11.3 Å². The summed E-state index contributed by atoms with van der Waals surface area (Å²) < 4.78 is 5.17. The predicted molar refractivity (Wildman–Crippen MR) is 160 cm³/mol. The lowest BCUT2D eigenvalue weighted by Crippen LogP contribution is -2.57. The van der Waals surface area contributed by atoms with Crippen LogP contribution in [0.4, 0.5) is 4.79 Å². The number of likely N-dealkylation sites (tertiary alicyclic amines) is 1. The number of benzene rings is 1. The summed E-state index contributed by atoms with van der Waals surface area (Å²) in [6.07, 6.45) is -1.45. The molecule has 0 aliphatic carbocycles. The highest BCUT2D eigenvalue weighted by Crippen LogP contribution is 2.28. The molecule has 42 heavy (non-hydrogen) atoms.